The fourth-order valence-electron chi connectivity index (χ4n) is 4.57. The maximum atomic E-state index is 13.3. The summed E-state index contributed by atoms with van der Waals surface area (Å²) in [7, 11) is 0. The average Bonchev–Trinajstić information content (AvgIpc) is 3.02. The molecular formula is C22H21F3N2O4. The number of hydrogen-bond donors (Lipinski definition) is 2. The molecule has 2 aromatic carbocycles. The van der Waals surface area contributed by atoms with Crippen molar-refractivity contribution in [3.63, 3.8) is 0 Å². The van der Waals surface area contributed by atoms with E-state index in [0.29, 0.717) is 43.4 Å². The Morgan fingerprint density at radius 1 is 1.16 bits per heavy atom. The summed E-state index contributed by atoms with van der Waals surface area (Å²) in [5.41, 5.74) is 3.60. The molecule has 2 N–H and O–H groups in total. The van der Waals surface area contributed by atoms with E-state index in [0.717, 1.165) is 11.1 Å². The molecule has 9 heteroatoms. The van der Waals surface area contributed by atoms with Gasteiger partial charge in [-0.3, -0.25) is 14.8 Å². The zero-order valence-electron chi connectivity index (χ0n) is 16.5. The largest absolute Gasteiger partial charge is 0.573 e. The van der Waals surface area contributed by atoms with Crippen molar-refractivity contribution in [1.29, 1.82) is 0 Å². The molecule has 4 rings (SSSR count). The molecule has 0 saturated carbocycles. The molecule has 1 spiro atoms. The van der Waals surface area contributed by atoms with Crippen molar-refractivity contribution in [2.45, 2.75) is 38.6 Å². The van der Waals surface area contributed by atoms with Gasteiger partial charge >= 0.3 is 6.36 Å². The number of nitrogens with one attached hydrogen (secondary N) is 1. The average molecular weight is 434 g/mol. The minimum atomic E-state index is -4.80. The van der Waals surface area contributed by atoms with Gasteiger partial charge in [0.15, 0.2) is 0 Å². The molecular weight excluding hydrogens is 413 g/mol. The lowest BCUT2D eigenvalue weighted by Gasteiger charge is -2.33. The van der Waals surface area contributed by atoms with Crippen LogP contribution in [0, 0.1) is 5.41 Å². The van der Waals surface area contributed by atoms with Crippen molar-refractivity contribution in [3.05, 3.63) is 64.7 Å². The molecule has 0 radical (unpaired) electrons. The molecule has 6 nitrogen and oxygen atoms in total. The number of halogens is 3. The third-order valence-corrected chi connectivity index (χ3v) is 6.13. The molecule has 1 atom stereocenters. The van der Waals surface area contributed by atoms with Crippen molar-refractivity contribution in [2.75, 3.05) is 6.54 Å². The Bertz CT molecular complexity index is 1020. The van der Waals surface area contributed by atoms with Crippen LogP contribution in [0.3, 0.4) is 0 Å². The molecule has 0 aromatic heterocycles. The SMILES string of the molecule is O=C(NO)c1ccc2c(c1)CCC1(CCN(Cc3ccccc3OC(F)(F)F)C1=O)C2. The quantitative estimate of drug-likeness (QED) is 0.569. The van der Waals surface area contributed by atoms with E-state index < -0.39 is 17.7 Å². The number of para-hydroxylation sites is 1. The van der Waals surface area contributed by atoms with Gasteiger partial charge in [-0.1, -0.05) is 24.3 Å². The van der Waals surface area contributed by atoms with E-state index in [1.165, 1.54) is 18.2 Å². The van der Waals surface area contributed by atoms with Crippen LogP contribution in [0.1, 0.15) is 39.9 Å². The van der Waals surface area contributed by atoms with Gasteiger partial charge in [-0.15, -0.1) is 13.2 Å². The molecule has 31 heavy (non-hydrogen) atoms. The van der Waals surface area contributed by atoms with Crippen LogP contribution in [0.4, 0.5) is 13.2 Å². The van der Waals surface area contributed by atoms with E-state index in [1.54, 1.807) is 34.6 Å². The highest BCUT2D eigenvalue weighted by Crippen LogP contribution is 2.44. The second-order valence-electron chi connectivity index (χ2n) is 8.01. The van der Waals surface area contributed by atoms with Crippen LogP contribution < -0.4 is 10.2 Å². The smallest absolute Gasteiger partial charge is 0.405 e. The number of rotatable bonds is 4. The van der Waals surface area contributed by atoms with Crippen molar-refractivity contribution in [3.8, 4) is 5.75 Å². The second-order valence-corrected chi connectivity index (χ2v) is 8.01. The number of likely N-dealkylation sites (tertiary alicyclic amines) is 1. The monoisotopic (exact) mass is 434 g/mol. The molecule has 2 amide bonds. The van der Waals surface area contributed by atoms with Crippen molar-refractivity contribution < 1.29 is 32.7 Å². The Hall–Kier alpha value is -3.07. The molecule has 1 aliphatic heterocycles. The number of carbonyl (C=O) groups is 2. The van der Waals surface area contributed by atoms with Gasteiger partial charge in [-0.25, -0.2) is 5.48 Å². The van der Waals surface area contributed by atoms with Crippen molar-refractivity contribution in [1.82, 2.24) is 10.4 Å². The topological polar surface area (TPSA) is 78.9 Å². The van der Waals surface area contributed by atoms with Gasteiger partial charge in [0.1, 0.15) is 5.75 Å². The number of alkyl halides is 3. The zero-order valence-corrected chi connectivity index (χ0v) is 16.5. The molecule has 1 heterocycles. The molecule has 1 saturated heterocycles. The maximum absolute atomic E-state index is 13.3. The number of amides is 2. The predicted octanol–water partition coefficient (Wildman–Crippen LogP) is 3.61. The number of benzene rings is 2. The van der Waals surface area contributed by atoms with Gasteiger partial charge in [0.25, 0.3) is 5.91 Å². The highest BCUT2D eigenvalue weighted by molar-refractivity contribution is 5.93. The lowest BCUT2D eigenvalue weighted by atomic mass is 9.70. The maximum Gasteiger partial charge on any atom is 0.573 e. The van der Waals surface area contributed by atoms with Crippen LogP contribution in [-0.4, -0.2) is 34.8 Å². The number of hydroxylamine groups is 1. The summed E-state index contributed by atoms with van der Waals surface area (Å²) < 4.78 is 42.2. The molecule has 1 unspecified atom stereocenters. The van der Waals surface area contributed by atoms with Crippen molar-refractivity contribution in [2.24, 2.45) is 5.41 Å². The third-order valence-electron chi connectivity index (χ3n) is 6.13. The minimum Gasteiger partial charge on any atom is -0.405 e. The Morgan fingerprint density at radius 2 is 1.94 bits per heavy atom. The van der Waals surface area contributed by atoms with Crippen LogP contribution in [0.25, 0.3) is 0 Å². The highest BCUT2D eigenvalue weighted by atomic mass is 19.4. The summed E-state index contributed by atoms with van der Waals surface area (Å²) >= 11 is 0. The first-order chi connectivity index (χ1) is 14.7. The predicted molar refractivity (Wildman–Crippen MR) is 103 cm³/mol. The van der Waals surface area contributed by atoms with Crippen molar-refractivity contribution >= 4 is 11.8 Å². The second kappa shape index (κ2) is 7.88. The normalized spacial score (nSPS) is 20.6. The third kappa shape index (κ3) is 4.23. The summed E-state index contributed by atoms with van der Waals surface area (Å²) in [6.07, 6.45) is -2.47. The van der Waals surface area contributed by atoms with E-state index in [2.05, 4.69) is 4.74 Å². The van der Waals surface area contributed by atoms with Gasteiger partial charge in [0.2, 0.25) is 5.91 Å². The van der Waals surface area contributed by atoms with Gasteiger partial charge in [0.05, 0.1) is 5.41 Å². The summed E-state index contributed by atoms with van der Waals surface area (Å²) in [5, 5.41) is 8.81. The van der Waals surface area contributed by atoms with E-state index in [4.69, 9.17) is 5.21 Å². The van der Waals surface area contributed by atoms with Crippen LogP contribution in [0.5, 0.6) is 5.75 Å². The molecule has 0 bridgehead atoms. The first-order valence-corrected chi connectivity index (χ1v) is 9.90. The first-order valence-electron chi connectivity index (χ1n) is 9.90. The molecule has 2 aliphatic rings. The molecule has 164 valence electrons. The fraction of sp³-hybridized carbons (Fsp3) is 0.364. The standard InChI is InChI=1S/C22H21F3N2O4/c23-22(24,25)31-18-4-2-1-3-17(18)13-27-10-9-21(20(27)29)8-7-14-11-15(19(28)26-30)5-6-16(14)12-21/h1-6,11,30H,7-10,12-13H2,(H,26,28). The highest BCUT2D eigenvalue weighted by Gasteiger charge is 2.48. The van der Waals surface area contributed by atoms with Gasteiger partial charge < -0.3 is 9.64 Å². The summed E-state index contributed by atoms with van der Waals surface area (Å²) in [5.74, 6) is -0.962. The first kappa shape index (κ1) is 21.2. The number of hydrogen-bond acceptors (Lipinski definition) is 4. The number of nitrogens with zero attached hydrogens (tertiary/aromatic N) is 1. The van der Waals surface area contributed by atoms with Crippen LogP contribution >= 0.6 is 0 Å². The molecule has 1 aliphatic carbocycles. The van der Waals surface area contributed by atoms with E-state index in [9.17, 15) is 22.8 Å². The summed E-state index contributed by atoms with van der Waals surface area (Å²) in [4.78, 5) is 26.5. The van der Waals surface area contributed by atoms with E-state index in [-0.39, 0.29) is 18.2 Å². The number of carbonyl (C=O) groups excluding carboxylic acids is 2. The van der Waals surface area contributed by atoms with E-state index in [1.807, 2.05) is 0 Å². The van der Waals surface area contributed by atoms with Crippen LogP contribution in [-0.2, 0) is 24.2 Å². The van der Waals surface area contributed by atoms with Crippen LogP contribution in [0.15, 0.2) is 42.5 Å². The number of ether oxygens (including phenoxy) is 1. The Morgan fingerprint density at radius 3 is 2.68 bits per heavy atom. The number of aryl methyl sites for hydroxylation is 1. The lowest BCUT2D eigenvalue weighted by Crippen LogP contribution is -2.38. The Labute approximate surface area is 176 Å². The minimum absolute atomic E-state index is 0.0509. The van der Waals surface area contributed by atoms with Gasteiger partial charge in [0, 0.05) is 24.2 Å². The van der Waals surface area contributed by atoms with E-state index >= 15 is 0 Å². The fourth-order valence-corrected chi connectivity index (χ4v) is 4.57. The summed E-state index contributed by atoms with van der Waals surface area (Å²) in [6.45, 7) is 0.509. The number of fused-ring (bicyclic) bond motifs is 1. The van der Waals surface area contributed by atoms with Gasteiger partial charge in [-0.2, -0.15) is 0 Å². The summed E-state index contributed by atoms with van der Waals surface area (Å²) in [6, 6.07) is 11.0. The molecule has 2 aromatic rings. The van der Waals surface area contributed by atoms with Gasteiger partial charge in [-0.05, 0) is 55.0 Å². The van der Waals surface area contributed by atoms with Crippen LogP contribution in [0.2, 0.25) is 0 Å². The molecule has 1 fully saturated rings. The lowest BCUT2D eigenvalue weighted by molar-refractivity contribution is -0.275. The Kier molecular flexibility index (Phi) is 5.38. The zero-order chi connectivity index (χ0) is 22.2. The Balaban J connectivity index is 1.51.